The molecule has 1 N–H and O–H groups in total. The molecule has 2 aromatic heterocycles. The quantitative estimate of drug-likeness (QED) is 0.928. The molecule has 0 radical (unpaired) electrons. The number of amides is 1. The largest absolute Gasteiger partial charge is 0.354 e. The number of aromatic nitrogens is 3. The highest BCUT2D eigenvalue weighted by molar-refractivity contribution is 5.87. The van der Waals surface area contributed by atoms with Gasteiger partial charge in [-0.2, -0.15) is 10.4 Å². The summed E-state index contributed by atoms with van der Waals surface area (Å²) in [5, 5.41) is 15.9. The minimum Gasteiger partial charge on any atom is -0.354 e. The van der Waals surface area contributed by atoms with E-state index in [-0.39, 0.29) is 11.9 Å². The summed E-state index contributed by atoms with van der Waals surface area (Å²) >= 11 is 0. The molecule has 0 unspecified atom stereocenters. The number of nitriles is 1. The zero-order valence-corrected chi connectivity index (χ0v) is 12.2. The molecule has 22 heavy (non-hydrogen) atoms. The van der Waals surface area contributed by atoms with Crippen molar-refractivity contribution in [3.8, 4) is 6.07 Å². The van der Waals surface area contributed by atoms with Gasteiger partial charge in [-0.1, -0.05) is 0 Å². The van der Waals surface area contributed by atoms with Gasteiger partial charge in [0.15, 0.2) is 5.82 Å². The summed E-state index contributed by atoms with van der Waals surface area (Å²) < 4.78 is 1.88. The summed E-state index contributed by atoms with van der Waals surface area (Å²) in [6.07, 6.45) is 4.43. The van der Waals surface area contributed by atoms with Crippen molar-refractivity contribution in [3.63, 3.8) is 0 Å². The Hall–Kier alpha value is -2.88. The van der Waals surface area contributed by atoms with Gasteiger partial charge in [-0.25, -0.2) is 4.98 Å². The van der Waals surface area contributed by atoms with Gasteiger partial charge in [0.25, 0.3) is 0 Å². The number of hydrogen-bond acceptors (Lipinski definition) is 5. The first kappa shape index (κ1) is 14.1. The highest BCUT2D eigenvalue weighted by Crippen LogP contribution is 2.25. The smallest absolute Gasteiger partial charge is 0.222 e. The van der Waals surface area contributed by atoms with Gasteiger partial charge in [0.05, 0.1) is 11.6 Å². The molecule has 1 aliphatic rings. The molecule has 1 amide bonds. The fourth-order valence-electron chi connectivity index (χ4n) is 2.59. The average molecular weight is 296 g/mol. The van der Waals surface area contributed by atoms with Gasteiger partial charge < -0.3 is 10.2 Å². The van der Waals surface area contributed by atoms with Crippen LogP contribution in [0.1, 0.15) is 24.9 Å². The topological polar surface area (TPSA) is 86.8 Å². The van der Waals surface area contributed by atoms with Crippen LogP contribution in [0.2, 0.25) is 0 Å². The third-order valence-corrected chi connectivity index (χ3v) is 3.65. The molecular weight excluding hydrogens is 280 g/mol. The summed E-state index contributed by atoms with van der Waals surface area (Å²) in [6, 6.07) is 7.76. The Morgan fingerprint density at radius 3 is 3.00 bits per heavy atom. The summed E-state index contributed by atoms with van der Waals surface area (Å²) in [4.78, 5) is 17.5. The number of rotatable bonds is 3. The zero-order chi connectivity index (χ0) is 15.5. The Morgan fingerprint density at radius 2 is 2.32 bits per heavy atom. The molecule has 3 rings (SSSR count). The molecule has 0 spiro atoms. The predicted molar refractivity (Wildman–Crippen MR) is 81.3 cm³/mol. The lowest BCUT2D eigenvalue weighted by Gasteiger charge is -2.17. The number of carbonyl (C=O) groups is 1. The first-order valence-corrected chi connectivity index (χ1v) is 7.09. The van der Waals surface area contributed by atoms with Gasteiger partial charge in [0.2, 0.25) is 5.91 Å². The highest BCUT2D eigenvalue weighted by Gasteiger charge is 2.25. The maximum absolute atomic E-state index is 11.0. The van der Waals surface area contributed by atoms with Crippen molar-refractivity contribution < 1.29 is 4.79 Å². The molecule has 0 bridgehead atoms. The number of nitrogens with one attached hydrogen (secondary N) is 1. The van der Waals surface area contributed by atoms with Crippen LogP contribution in [-0.2, 0) is 4.79 Å². The van der Waals surface area contributed by atoms with Gasteiger partial charge in [-0.05, 0) is 18.6 Å². The molecule has 7 heteroatoms. The van der Waals surface area contributed by atoms with Gasteiger partial charge in [-0.15, -0.1) is 0 Å². The lowest BCUT2D eigenvalue weighted by atomic mass is 10.3. The van der Waals surface area contributed by atoms with E-state index in [9.17, 15) is 4.79 Å². The van der Waals surface area contributed by atoms with Crippen LogP contribution in [0.5, 0.6) is 0 Å². The van der Waals surface area contributed by atoms with Crippen molar-refractivity contribution in [2.24, 2.45) is 0 Å². The Kier molecular flexibility index (Phi) is 3.74. The van der Waals surface area contributed by atoms with Crippen LogP contribution >= 0.6 is 0 Å². The van der Waals surface area contributed by atoms with E-state index in [1.54, 1.807) is 18.3 Å². The summed E-state index contributed by atoms with van der Waals surface area (Å²) in [5.41, 5.74) is 0.562. The molecule has 112 valence electrons. The Labute approximate surface area is 128 Å². The molecule has 1 saturated heterocycles. The molecule has 1 fully saturated rings. The van der Waals surface area contributed by atoms with Crippen LogP contribution in [0, 0.1) is 11.3 Å². The maximum atomic E-state index is 11.0. The lowest BCUT2D eigenvalue weighted by Crippen LogP contribution is -2.22. The first-order chi connectivity index (χ1) is 10.7. The lowest BCUT2D eigenvalue weighted by molar-refractivity contribution is -0.114. The van der Waals surface area contributed by atoms with E-state index in [0.29, 0.717) is 11.4 Å². The van der Waals surface area contributed by atoms with E-state index in [1.165, 1.54) is 6.92 Å². The fraction of sp³-hybridized carbons (Fsp3) is 0.333. The molecule has 1 atom stereocenters. The standard InChI is InChI=1S/C15H16N6O/c1-11(22)18-14-5-7-21(19-14)13-4-6-20(10-13)15-3-2-12(8-16)9-17-15/h2-3,5,7,9,13H,4,6,10H2,1H3,(H,18,19,22)/t13-/m1/s1. The third kappa shape index (κ3) is 2.91. The Morgan fingerprint density at radius 1 is 1.45 bits per heavy atom. The van der Waals surface area contributed by atoms with Crippen molar-refractivity contribution in [2.45, 2.75) is 19.4 Å². The van der Waals surface area contributed by atoms with Crippen LogP contribution < -0.4 is 10.2 Å². The predicted octanol–water partition coefficient (Wildman–Crippen LogP) is 1.56. The van der Waals surface area contributed by atoms with E-state index < -0.39 is 0 Å². The van der Waals surface area contributed by atoms with E-state index in [1.807, 2.05) is 16.9 Å². The molecule has 0 saturated carbocycles. The van der Waals surface area contributed by atoms with Gasteiger partial charge in [0.1, 0.15) is 11.9 Å². The number of pyridine rings is 1. The summed E-state index contributed by atoms with van der Waals surface area (Å²) in [7, 11) is 0. The van der Waals surface area contributed by atoms with Gasteiger partial charge in [0, 0.05) is 38.5 Å². The number of nitrogens with zero attached hydrogens (tertiary/aromatic N) is 5. The Balaban J connectivity index is 1.67. The van der Waals surface area contributed by atoms with E-state index in [2.05, 4.69) is 26.4 Å². The monoisotopic (exact) mass is 296 g/mol. The van der Waals surface area contributed by atoms with Crippen molar-refractivity contribution in [2.75, 3.05) is 23.3 Å². The van der Waals surface area contributed by atoms with Crippen LogP contribution in [0.15, 0.2) is 30.6 Å². The second-order valence-corrected chi connectivity index (χ2v) is 5.27. The van der Waals surface area contributed by atoms with Crippen LogP contribution in [0.4, 0.5) is 11.6 Å². The van der Waals surface area contributed by atoms with Crippen LogP contribution in [-0.4, -0.2) is 33.8 Å². The molecule has 1 aliphatic heterocycles. The molecule has 2 aromatic rings. The third-order valence-electron chi connectivity index (χ3n) is 3.65. The molecule has 0 aliphatic carbocycles. The van der Waals surface area contributed by atoms with Gasteiger partial charge >= 0.3 is 0 Å². The maximum Gasteiger partial charge on any atom is 0.222 e. The van der Waals surface area contributed by atoms with Crippen molar-refractivity contribution in [1.29, 1.82) is 5.26 Å². The summed E-state index contributed by atoms with van der Waals surface area (Å²) in [5.74, 6) is 1.32. The van der Waals surface area contributed by atoms with Crippen LogP contribution in [0.25, 0.3) is 0 Å². The highest BCUT2D eigenvalue weighted by atomic mass is 16.1. The van der Waals surface area contributed by atoms with Crippen molar-refractivity contribution >= 4 is 17.5 Å². The molecule has 0 aromatic carbocycles. The molecule has 7 nitrogen and oxygen atoms in total. The van der Waals surface area contributed by atoms with Gasteiger partial charge in [-0.3, -0.25) is 9.48 Å². The summed E-state index contributed by atoms with van der Waals surface area (Å²) in [6.45, 7) is 3.16. The van der Waals surface area contributed by atoms with Crippen molar-refractivity contribution in [3.05, 3.63) is 36.2 Å². The Bertz CT molecular complexity index is 714. The van der Waals surface area contributed by atoms with E-state index in [0.717, 1.165) is 25.3 Å². The zero-order valence-electron chi connectivity index (χ0n) is 12.2. The normalized spacial score (nSPS) is 17.3. The van der Waals surface area contributed by atoms with Crippen molar-refractivity contribution in [1.82, 2.24) is 14.8 Å². The molecule has 3 heterocycles. The van der Waals surface area contributed by atoms with Crippen LogP contribution in [0.3, 0.4) is 0 Å². The minimum absolute atomic E-state index is 0.125. The minimum atomic E-state index is -0.125. The second kappa shape index (κ2) is 5.85. The van der Waals surface area contributed by atoms with E-state index >= 15 is 0 Å². The fourth-order valence-corrected chi connectivity index (χ4v) is 2.59. The number of carbonyl (C=O) groups excluding carboxylic acids is 1. The average Bonchev–Trinajstić information content (AvgIpc) is 3.15. The number of hydrogen-bond donors (Lipinski definition) is 1. The SMILES string of the molecule is CC(=O)Nc1ccn([C@@H]2CCN(c3ccc(C#N)cn3)C2)n1. The number of anilines is 2. The molecular formula is C15H16N6O. The second-order valence-electron chi connectivity index (χ2n) is 5.27. The first-order valence-electron chi connectivity index (χ1n) is 7.09. The van der Waals surface area contributed by atoms with E-state index in [4.69, 9.17) is 5.26 Å².